The molecule has 1 unspecified atom stereocenters. The average Bonchev–Trinajstić information content (AvgIpc) is 3.04. The quantitative estimate of drug-likeness (QED) is 0.724. The van der Waals surface area contributed by atoms with E-state index in [1.54, 1.807) is 0 Å². The Morgan fingerprint density at radius 3 is 2.69 bits per heavy atom. The average molecular weight is 437 g/mol. The van der Waals surface area contributed by atoms with Crippen LogP contribution in [0.25, 0.3) is 0 Å². The third-order valence-electron chi connectivity index (χ3n) is 4.40. The molecule has 1 aromatic carbocycles. The molecule has 1 aliphatic rings. The summed E-state index contributed by atoms with van der Waals surface area (Å²) >= 11 is 7.86. The number of carbonyl (C=O) groups is 1. The minimum atomic E-state index is 0. The van der Waals surface area contributed by atoms with Gasteiger partial charge in [-0.15, -0.1) is 36.2 Å². The van der Waals surface area contributed by atoms with Gasteiger partial charge in [-0.3, -0.25) is 9.69 Å². The molecular formula is C18H24Cl3N3OS. The third kappa shape index (κ3) is 5.84. The van der Waals surface area contributed by atoms with Crippen LogP contribution >= 0.6 is 47.8 Å². The van der Waals surface area contributed by atoms with Gasteiger partial charge in [-0.2, -0.15) is 0 Å². The molecule has 1 atom stereocenters. The predicted molar refractivity (Wildman–Crippen MR) is 114 cm³/mol. The van der Waals surface area contributed by atoms with Gasteiger partial charge in [0.15, 0.2) is 0 Å². The molecule has 3 N–H and O–H groups in total. The van der Waals surface area contributed by atoms with Crippen molar-refractivity contribution >= 4 is 53.7 Å². The number of benzene rings is 1. The second kappa shape index (κ2) is 11.1. The second-order valence-corrected chi connectivity index (χ2v) is 7.44. The monoisotopic (exact) mass is 435 g/mol. The Morgan fingerprint density at radius 1 is 1.27 bits per heavy atom. The van der Waals surface area contributed by atoms with E-state index in [2.05, 4.69) is 21.7 Å². The molecule has 0 saturated heterocycles. The van der Waals surface area contributed by atoms with Crippen molar-refractivity contribution in [3.8, 4) is 0 Å². The van der Waals surface area contributed by atoms with Crippen molar-refractivity contribution in [1.82, 2.24) is 10.2 Å². The van der Waals surface area contributed by atoms with Gasteiger partial charge in [0.2, 0.25) is 5.91 Å². The summed E-state index contributed by atoms with van der Waals surface area (Å²) in [5, 5.41) is 5.91. The Morgan fingerprint density at radius 2 is 2.00 bits per heavy atom. The van der Waals surface area contributed by atoms with Crippen LogP contribution in [-0.4, -0.2) is 30.4 Å². The number of hydrogen-bond donors (Lipinski definition) is 2. The van der Waals surface area contributed by atoms with Crippen LogP contribution in [0.4, 0.5) is 0 Å². The lowest BCUT2D eigenvalue weighted by Gasteiger charge is -2.35. The van der Waals surface area contributed by atoms with Crippen LogP contribution in [0.3, 0.4) is 0 Å². The Bertz CT molecular complexity index is 693. The zero-order chi connectivity index (χ0) is 16.9. The standard InChI is InChI=1S/C18H22ClN3OS.2ClH/c19-15-3-1-13(2-4-15)16(11-21-18(23)5-8-20)22-9-6-17-14(12-22)7-10-24-17;;/h1-4,7,10,16H,5-6,8-9,11-12,20H2,(H,21,23);2*1H. The Labute approximate surface area is 175 Å². The fourth-order valence-corrected chi connectivity index (χ4v) is 4.12. The normalized spacial score (nSPS) is 14.5. The van der Waals surface area contributed by atoms with E-state index in [9.17, 15) is 4.79 Å². The summed E-state index contributed by atoms with van der Waals surface area (Å²) in [4.78, 5) is 15.8. The molecule has 0 fully saturated rings. The molecule has 3 rings (SSSR count). The van der Waals surface area contributed by atoms with Gasteiger partial charge >= 0.3 is 0 Å². The van der Waals surface area contributed by atoms with Crippen molar-refractivity contribution in [2.45, 2.75) is 25.4 Å². The molecule has 2 aromatic rings. The summed E-state index contributed by atoms with van der Waals surface area (Å²) in [5.74, 6) is 0.00435. The maximum atomic E-state index is 11.8. The van der Waals surface area contributed by atoms with Gasteiger partial charge in [0.1, 0.15) is 0 Å². The predicted octanol–water partition coefficient (Wildman–Crippen LogP) is 3.81. The van der Waals surface area contributed by atoms with Crippen LogP contribution < -0.4 is 11.1 Å². The number of amides is 1. The van der Waals surface area contributed by atoms with Crippen molar-refractivity contribution in [2.24, 2.45) is 5.73 Å². The maximum Gasteiger partial charge on any atom is 0.221 e. The highest BCUT2D eigenvalue weighted by atomic mass is 35.5. The van der Waals surface area contributed by atoms with Gasteiger partial charge in [-0.25, -0.2) is 0 Å². The number of nitrogens with zero attached hydrogens (tertiary/aromatic N) is 1. The van der Waals surface area contributed by atoms with Gasteiger partial charge in [0.25, 0.3) is 0 Å². The molecule has 0 spiro atoms. The zero-order valence-corrected chi connectivity index (χ0v) is 17.5. The molecule has 1 amide bonds. The largest absolute Gasteiger partial charge is 0.354 e. The first-order chi connectivity index (χ1) is 11.7. The molecule has 4 nitrogen and oxygen atoms in total. The van der Waals surface area contributed by atoms with E-state index in [4.69, 9.17) is 17.3 Å². The van der Waals surface area contributed by atoms with Gasteiger partial charge < -0.3 is 11.1 Å². The van der Waals surface area contributed by atoms with E-state index in [1.807, 2.05) is 35.6 Å². The number of nitrogens with one attached hydrogen (secondary N) is 1. The smallest absolute Gasteiger partial charge is 0.221 e. The molecule has 144 valence electrons. The van der Waals surface area contributed by atoms with Crippen molar-refractivity contribution in [3.05, 3.63) is 56.7 Å². The van der Waals surface area contributed by atoms with E-state index in [0.29, 0.717) is 19.5 Å². The molecular weight excluding hydrogens is 413 g/mol. The Balaban J connectivity index is 0.00000169. The summed E-state index contributed by atoms with van der Waals surface area (Å²) < 4.78 is 0. The van der Waals surface area contributed by atoms with Gasteiger partial charge in [0, 0.05) is 42.5 Å². The van der Waals surface area contributed by atoms with Crippen molar-refractivity contribution in [3.63, 3.8) is 0 Å². The van der Waals surface area contributed by atoms with Crippen molar-refractivity contribution in [1.29, 1.82) is 0 Å². The molecule has 2 heterocycles. The third-order valence-corrected chi connectivity index (χ3v) is 5.67. The first-order valence-corrected chi connectivity index (χ1v) is 9.44. The number of fused-ring (bicyclic) bond motifs is 1. The Hall–Kier alpha value is -0.820. The summed E-state index contributed by atoms with van der Waals surface area (Å²) in [5.41, 5.74) is 8.04. The first kappa shape index (κ1) is 23.2. The van der Waals surface area contributed by atoms with E-state index >= 15 is 0 Å². The molecule has 0 bridgehead atoms. The lowest BCUT2D eigenvalue weighted by atomic mass is 10.0. The molecule has 8 heteroatoms. The van der Waals surface area contributed by atoms with Crippen LogP contribution in [-0.2, 0) is 17.8 Å². The number of thiophene rings is 1. The highest BCUT2D eigenvalue weighted by Gasteiger charge is 2.25. The van der Waals surface area contributed by atoms with Crippen LogP contribution in [0.2, 0.25) is 5.02 Å². The van der Waals surface area contributed by atoms with E-state index < -0.39 is 0 Å². The fourth-order valence-electron chi connectivity index (χ4n) is 3.11. The number of rotatable bonds is 6. The summed E-state index contributed by atoms with van der Waals surface area (Å²) in [6, 6.07) is 10.3. The maximum absolute atomic E-state index is 11.8. The van der Waals surface area contributed by atoms with E-state index in [0.717, 1.165) is 24.5 Å². The number of hydrogen-bond acceptors (Lipinski definition) is 4. The number of nitrogens with two attached hydrogens (primary N) is 1. The molecule has 26 heavy (non-hydrogen) atoms. The Kier molecular flexibility index (Phi) is 9.93. The van der Waals surface area contributed by atoms with Crippen LogP contribution in [0.15, 0.2) is 35.7 Å². The summed E-state index contributed by atoms with van der Waals surface area (Å²) in [6.45, 7) is 2.87. The first-order valence-electron chi connectivity index (χ1n) is 8.19. The molecule has 1 aromatic heterocycles. The minimum absolute atomic E-state index is 0. The molecule has 0 aliphatic carbocycles. The summed E-state index contributed by atoms with van der Waals surface area (Å²) in [6.07, 6.45) is 1.43. The summed E-state index contributed by atoms with van der Waals surface area (Å²) in [7, 11) is 0. The fraction of sp³-hybridized carbons (Fsp3) is 0.389. The van der Waals surface area contributed by atoms with Gasteiger partial charge in [-0.05, 0) is 41.1 Å². The molecule has 0 saturated carbocycles. The van der Waals surface area contributed by atoms with Crippen molar-refractivity contribution < 1.29 is 4.79 Å². The van der Waals surface area contributed by atoms with E-state index in [1.165, 1.54) is 16.0 Å². The zero-order valence-electron chi connectivity index (χ0n) is 14.3. The van der Waals surface area contributed by atoms with Crippen LogP contribution in [0.1, 0.15) is 28.5 Å². The van der Waals surface area contributed by atoms with Crippen LogP contribution in [0, 0.1) is 0 Å². The lowest BCUT2D eigenvalue weighted by molar-refractivity contribution is -0.121. The number of halogens is 3. The highest BCUT2D eigenvalue weighted by molar-refractivity contribution is 7.10. The van der Waals surface area contributed by atoms with Gasteiger partial charge in [0.05, 0.1) is 6.04 Å². The molecule has 0 radical (unpaired) electrons. The van der Waals surface area contributed by atoms with Crippen LogP contribution in [0.5, 0.6) is 0 Å². The molecule has 1 aliphatic heterocycles. The minimum Gasteiger partial charge on any atom is -0.354 e. The van der Waals surface area contributed by atoms with Gasteiger partial charge in [-0.1, -0.05) is 23.7 Å². The van der Waals surface area contributed by atoms with Crippen molar-refractivity contribution in [2.75, 3.05) is 19.6 Å². The highest BCUT2D eigenvalue weighted by Crippen LogP contribution is 2.30. The van der Waals surface area contributed by atoms with E-state index in [-0.39, 0.29) is 36.8 Å². The SMILES string of the molecule is Cl.Cl.NCCC(=O)NCC(c1ccc(Cl)cc1)N1CCc2sccc2C1. The topological polar surface area (TPSA) is 58.4 Å². The number of carbonyl (C=O) groups excluding carboxylic acids is 1. The lowest BCUT2D eigenvalue weighted by Crippen LogP contribution is -2.40. The second-order valence-electron chi connectivity index (χ2n) is 6.00.